The second kappa shape index (κ2) is 7.43. The van der Waals surface area contributed by atoms with Crippen molar-refractivity contribution in [3.05, 3.63) is 48.0 Å². The van der Waals surface area contributed by atoms with Crippen LogP contribution in [0, 0.1) is 6.92 Å². The first-order valence-electron chi connectivity index (χ1n) is 9.82. The van der Waals surface area contributed by atoms with Gasteiger partial charge in [0.05, 0.1) is 30.5 Å². The van der Waals surface area contributed by atoms with E-state index in [4.69, 9.17) is 14.7 Å². The Labute approximate surface area is 164 Å². The van der Waals surface area contributed by atoms with Crippen LogP contribution in [0.1, 0.15) is 23.7 Å². The number of hydrogen-bond donors (Lipinski definition) is 2. The fraction of sp³-hybridized carbons (Fsp3) is 0.381. The number of aromatic nitrogens is 3. The third-order valence-corrected chi connectivity index (χ3v) is 5.43. The van der Waals surface area contributed by atoms with E-state index in [9.17, 15) is 0 Å². The van der Waals surface area contributed by atoms with Crippen molar-refractivity contribution in [2.24, 2.45) is 0 Å². The lowest BCUT2D eigenvalue weighted by molar-refractivity contribution is 0.122. The average Bonchev–Trinajstić information content (AvgIpc) is 3.28. The molecule has 0 saturated carbocycles. The SMILES string of the molecule is Cc1cncc(-c2cc(N3CCOCC3)nc3c(C4CCNN4)nccc23)c1. The van der Waals surface area contributed by atoms with E-state index in [2.05, 4.69) is 45.9 Å². The molecule has 1 unspecified atom stereocenters. The molecule has 5 rings (SSSR count). The topological polar surface area (TPSA) is 75.2 Å². The van der Waals surface area contributed by atoms with Crippen molar-refractivity contribution in [3.63, 3.8) is 0 Å². The molecule has 5 heterocycles. The minimum absolute atomic E-state index is 0.166. The molecule has 0 radical (unpaired) electrons. The Morgan fingerprint density at radius 1 is 1.18 bits per heavy atom. The molecule has 2 aliphatic heterocycles. The van der Waals surface area contributed by atoms with Crippen molar-refractivity contribution in [1.29, 1.82) is 0 Å². The monoisotopic (exact) mass is 376 g/mol. The van der Waals surface area contributed by atoms with E-state index in [1.54, 1.807) is 0 Å². The number of anilines is 1. The zero-order valence-electron chi connectivity index (χ0n) is 16.0. The Kier molecular flexibility index (Phi) is 4.64. The Balaban J connectivity index is 1.73. The molecule has 3 aromatic rings. The Hall–Kier alpha value is -2.61. The molecule has 0 spiro atoms. The second-order valence-corrected chi connectivity index (χ2v) is 7.38. The van der Waals surface area contributed by atoms with Crippen LogP contribution in [0.15, 0.2) is 36.8 Å². The van der Waals surface area contributed by atoms with Gasteiger partial charge in [-0.1, -0.05) is 0 Å². The average molecular weight is 376 g/mol. The van der Waals surface area contributed by atoms with Crippen LogP contribution >= 0.6 is 0 Å². The highest BCUT2D eigenvalue weighted by Crippen LogP contribution is 2.34. The summed E-state index contributed by atoms with van der Waals surface area (Å²) in [5.74, 6) is 0.979. The third-order valence-electron chi connectivity index (χ3n) is 5.43. The van der Waals surface area contributed by atoms with Crippen molar-refractivity contribution in [2.45, 2.75) is 19.4 Å². The van der Waals surface area contributed by atoms with Gasteiger partial charge in [-0.15, -0.1) is 0 Å². The minimum Gasteiger partial charge on any atom is -0.378 e. The van der Waals surface area contributed by atoms with Gasteiger partial charge in [-0.2, -0.15) is 0 Å². The van der Waals surface area contributed by atoms with Gasteiger partial charge in [-0.3, -0.25) is 15.4 Å². The lowest BCUT2D eigenvalue weighted by Gasteiger charge is -2.29. The number of nitrogens with one attached hydrogen (secondary N) is 2. The Morgan fingerprint density at radius 3 is 2.86 bits per heavy atom. The summed E-state index contributed by atoms with van der Waals surface area (Å²) in [5, 5.41) is 1.11. The van der Waals surface area contributed by atoms with E-state index in [0.29, 0.717) is 0 Å². The maximum atomic E-state index is 5.53. The fourth-order valence-electron chi connectivity index (χ4n) is 4.00. The van der Waals surface area contributed by atoms with E-state index in [1.165, 1.54) is 0 Å². The molecule has 0 aromatic carbocycles. The summed E-state index contributed by atoms with van der Waals surface area (Å²) in [5.41, 5.74) is 11.9. The first kappa shape index (κ1) is 17.5. The molecule has 144 valence electrons. The highest BCUT2D eigenvalue weighted by molar-refractivity contribution is 5.97. The molecule has 28 heavy (non-hydrogen) atoms. The van der Waals surface area contributed by atoms with Crippen LogP contribution in [-0.2, 0) is 4.74 Å². The van der Waals surface area contributed by atoms with Crippen molar-refractivity contribution >= 4 is 16.7 Å². The normalized spacial score (nSPS) is 20.0. The first-order chi connectivity index (χ1) is 13.8. The number of pyridine rings is 3. The Morgan fingerprint density at radius 2 is 2.07 bits per heavy atom. The van der Waals surface area contributed by atoms with E-state index in [0.717, 1.165) is 78.4 Å². The van der Waals surface area contributed by atoms with Gasteiger partial charge in [0, 0.05) is 49.2 Å². The summed E-state index contributed by atoms with van der Waals surface area (Å²) in [6.07, 6.45) is 6.70. The van der Waals surface area contributed by atoms with E-state index >= 15 is 0 Å². The van der Waals surface area contributed by atoms with Gasteiger partial charge in [0.15, 0.2) is 0 Å². The summed E-state index contributed by atoms with van der Waals surface area (Å²) < 4.78 is 5.53. The lowest BCUT2D eigenvalue weighted by Crippen LogP contribution is -2.36. The fourth-order valence-corrected chi connectivity index (χ4v) is 4.00. The summed E-state index contributed by atoms with van der Waals surface area (Å²) in [4.78, 5) is 16.5. The molecule has 2 fully saturated rings. The molecule has 0 amide bonds. The predicted octanol–water partition coefficient (Wildman–Crippen LogP) is 2.38. The van der Waals surface area contributed by atoms with Crippen LogP contribution in [0.5, 0.6) is 0 Å². The van der Waals surface area contributed by atoms with Crippen LogP contribution < -0.4 is 15.8 Å². The number of hydrazine groups is 1. The van der Waals surface area contributed by atoms with Crippen LogP contribution in [0.25, 0.3) is 22.0 Å². The molecule has 2 aliphatic rings. The molecule has 7 heteroatoms. The van der Waals surface area contributed by atoms with Crippen LogP contribution in [-0.4, -0.2) is 47.8 Å². The largest absolute Gasteiger partial charge is 0.378 e. The quantitative estimate of drug-likeness (QED) is 0.727. The summed E-state index contributed by atoms with van der Waals surface area (Å²) in [6.45, 7) is 6.17. The zero-order chi connectivity index (χ0) is 18.9. The predicted molar refractivity (Wildman–Crippen MR) is 109 cm³/mol. The maximum absolute atomic E-state index is 5.53. The molecule has 2 saturated heterocycles. The van der Waals surface area contributed by atoms with Gasteiger partial charge in [0.1, 0.15) is 5.82 Å². The Bertz CT molecular complexity index is 995. The van der Waals surface area contributed by atoms with Crippen molar-refractivity contribution < 1.29 is 4.74 Å². The molecular weight excluding hydrogens is 352 g/mol. The number of rotatable bonds is 3. The highest BCUT2D eigenvalue weighted by Gasteiger charge is 2.23. The van der Waals surface area contributed by atoms with Gasteiger partial charge in [0.25, 0.3) is 0 Å². The second-order valence-electron chi connectivity index (χ2n) is 7.38. The van der Waals surface area contributed by atoms with E-state index < -0.39 is 0 Å². The molecule has 0 aliphatic carbocycles. The number of aryl methyl sites for hydroxylation is 1. The van der Waals surface area contributed by atoms with E-state index in [-0.39, 0.29) is 6.04 Å². The number of nitrogens with zero attached hydrogens (tertiary/aromatic N) is 4. The van der Waals surface area contributed by atoms with Crippen molar-refractivity contribution in [3.8, 4) is 11.1 Å². The van der Waals surface area contributed by atoms with Crippen LogP contribution in [0.2, 0.25) is 0 Å². The number of fused-ring (bicyclic) bond motifs is 1. The minimum atomic E-state index is 0.166. The summed E-state index contributed by atoms with van der Waals surface area (Å²) >= 11 is 0. The zero-order valence-corrected chi connectivity index (χ0v) is 16.0. The summed E-state index contributed by atoms with van der Waals surface area (Å²) in [6, 6.07) is 6.60. The van der Waals surface area contributed by atoms with Crippen molar-refractivity contribution in [1.82, 2.24) is 25.8 Å². The molecule has 2 N–H and O–H groups in total. The third kappa shape index (κ3) is 3.22. The maximum Gasteiger partial charge on any atom is 0.130 e. The molecule has 1 atom stereocenters. The van der Waals surface area contributed by atoms with Gasteiger partial charge in [-0.25, -0.2) is 10.4 Å². The molecule has 7 nitrogen and oxygen atoms in total. The smallest absolute Gasteiger partial charge is 0.130 e. The van der Waals surface area contributed by atoms with Gasteiger partial charge in [0.2, 0.25) is 0 Å². The highest BCUT2D eigenvalue weighted by atomic mass is 16.5. The van der Waals surface area contributed by atoms with Crippen LogP contribution in [0.4, 0.5) is 5.82 Å². The summed E-state index contributed by atoms with van der Waals surface area (Å²) in [7, 11) is 0. The lowest BCUT2D eigenvalue weighted by atomic mass is 9.99. The molecular formula is C21H24N6O. The van der Waals surface area contributed by atoms with Gasteiger partial charge < -0.3 is 9.64 Å². The molecule has 3 aromatic heterocycles. The van der Waals surface area contributed by atoms with Gasteiger partial charge in [-0.05, 0) is 42.7 Å². The van der Waals surface area contributed by atoms with Crippen molar-refractivity contribution in [2.75, 3.05) is 37.7 Å². The number of ether oxygens (including phenoxy) is 1. The molecule has 0 bridgehead atoms. The van der Waals surface area contributed by atoms with Crippen LogP contribution in [0.3, 0.4) is 0 Å². The standard InChI is InChI=1S/C21H24N6O/c1-14-10-15(13-22-12-14)17-11-19(27-6-8-28-9-7-27)25-20-16(17)2-4-23-21(20)18-3-5-24-26-18/h2,4,10-13,18,24,26H,3,5-9H2,1H3. The van der Waals surface area contributed by atoms with E-state index in [1.807, 2.05) is 18.6 Å². The number of hydrogen-bond acceptors (Lipinski definition) is 7. The van der Waals surface area contributed by atoms with Gasteiger partial charge >= 0.3 is 0 Å². The number of morpholine rings is 1. The first-order valence-corrected chi connectivity index (χ1v) is 9.82.